The Balaban J connectivity index is 1.29. The number of carbonyl (C=O) groups is 2. The van der Waals surface area contributed by atoms with Crippen molar-refractivity contribution in [3.8, 4) is 33.6 Å². The lowest BCUT2D eigenvalue weighted by atomic mass is 10.0. The molecule has 10 nitrogen and oxygen atoms in total. The molecule has 2 unspecified atom stereocenters. The van der Waals surface area contributed by atoms with Gasteiger partial charge in [-0.15, -0.1) is 0 Å². The Bertz CT molecular complexity index is 1440. The number of likely N-dealkylation sites (tertiary alicyclic amines) is 1. The quantitative estimate of drug-likeness (QED) is 0.273. The molecule has 10 heteroatoms. The largest absolute Gasteiger partial charge is 0.453 e. The highest BCUT2D eigenvalue weighted by Gasteiger charge is 2.37. The summed E-state index contributed by atoms with van der Waals surface area (Å²) in [5.41, 5.74) is 11.7. The van der Waals surface area contributed by atoms with Crippen molar-refractivity contribution in [3.05, 3.63) is 66.7 Å². The molecule has 1 aliphatic rings. The molecule has 0 saturated carbocycles. The minimum Gasteiger partial charge on any atom is -0.453 e. The second-order valence-corrected chi connectivity index (χ2v) is 10.1. The molecule has 4 aromatic rings. The SMILES string of the molecule is COC(=O)NC(C(=O)N1CCCC1c1ncc(-c2ccc(-c3ccc(-c4cnc(N)[nH]4)cc3)cc2)[nH]1)C(C)C. The Morgan fingerprint density at radius 2 is 1.51 bits per heavy atom. The molecule has 2 aromatic carbocycles. The number of methoxy groups -OCH3 is 1. The summed E-state index contributed by atoms with van der Waals surface area (Å²) in [5.74, 6) is 0.941. The number of nitrogens with one attached hydrogen (secondary N) is 3. The first-order chi connectivity index (χ1) is 18.8. The van der Waals surface area contributed by atoms with Crippen molar-refractivity contribution in [2.75, 3.05) is 19.4 Å². The highest BCUT2D eigenvalue weighted by atomic mass is 16.5. The number of anilines is 1. The zero-order valence-corrected chi connectivity index (χ0v) is 22.3. The van der Waals surface area contributed by atoms with Gasteiger partial charge in [-0.2, -0.15) is 0 Å². The molecule has 0 spiro atoms. The molecule has 1 saturated heterocycles. The molecular weight excluding hydrogens is 494 g/mol. The number of benzene rings is 2. The van der Waals surface area contributed by atoms with E-state index in [-0.39, 0.29) is 17.9 Å². The summed E-state index contributed by atoms with van der Waals surface area (Å²) in [5, 5.41) is 2.68. The fraction of sp³-hybridized carbons (Fsp3) is 0.310. The predicted molar refractivity (Wildman–Crippen MR) is 149 cm³/mol. The Morgan fingerprint density at radius 3 is 2.05 bits per heavy atom. The number of rotatable bonds is 7. The Hall–Kier alpha value is -4.60. The van der Waals surface area contributed by atoms with E-state index in [2.05, 4.69) is 61.7 Å². The normalized spacial score (nSPS) is 15.9. The van der Waals surface area contributed by atoms with E-state index in [1.54, 1.807) is 6.20 Å². The van der Waals surface area contributed by atoms with Gasteiger partial charge in [0.2, 0.25) is 5.91 Å². The van der Waals surface area contributed by atoms with E-state index in [0.717, 1.165) is 52.3 Å². The number of hydrogen-bond donors (Lipinski definition) is 4. The summed E-state index contributed by atoms with van der Waals surface area (Å²) in [6, 6.07) is 15.7. The monoisotopic (exact) mass is 527 g/mol. The van der Waals surface area contributed by atoms with Crippen LogP contribution in [0.25, 0.3) is 33.6 Å². The van der Waals surface area contributed by atoms with Gasteiger partial charge in [0.1, 0.15) is 11.9 Å². The first kappa shape index (κ1) is 26.0. The van der Waals surface area contributed by atoms with Crippen molar-refractivity contribution in [2.45, 2.75) is 38.8 Å². The standard InChI is InChI=1S/C29H33N7O3/c1-17(2)25(35-29(38)39-3)27(37)36-14-4-5-24(36)26-31-15-22(33-26)20-10-6-18(7-11-20)19-8-12-21(13-9-19)23-16-32-28(30)34-23/h6-13,15-17,24-25H,4-5,14H2,1-3H3,(H,31,33)(H,35,38)(H3,30,32,34). The van der Waals surface area contributed by atoms with Gasteiger partial charge < -0.3 is 30.7 Å². The second kappa shape index (κ2) is 11.0. The summed E-state index contributed by atoms with van der Waals surface area (Å²) < 4.78 is 4.72. The molecule has 0 bridgehead atoms. The summed E-state index contributed by atoms with van der Waals surface area (Å²) in [6.45, 7) is 4.43. The molecule has 5 N–H and O–H groups in total. The lowest BCUT2D eigenvalue weighted by Crippen LogP contribution is -2.51. The van der Waals surface area contributed by atoms with Crippen LogP contribution in [0.3, 0.4) is 0 Å². The summed E-state index contributed by atoms with van der Waals surface area (Å²) >= 11 is 0. The van der Waals surface area contributed by atoms with E-state index in [9.17, 15) is 9.59 Å². The molecular formula is C29H33N7O3. The third kappa shape index (κ3) is 5.50. The average Bonchev–Trinajstić information content (AvgIpc) is 3.72. The number of amides is 2. The number of alkyl carbamates (subject to hydrolysis) is 1. The van der Waals surface area contributed by atoms with Crippen molar-refractivity contribution in [2.24, 2.45) is 5.92 Å². The number of ether oxygens (including phenoxy) is 1. The Kier molecular flexibility index (Phi) is 7.36. The van der Waals surface area contributed by atoms with Gasteiger partial charge in [-0.3, -0.25) is 4.79 Å². The van der Waals surface area contributed by atoms with Crippen LogP contribution < -0.4 is 11.1 Å². The Labute approximate surface area is 227 Å². The van der Waals surface area contributed by atoms with Crippen LogP contribution in [0, 0.1) is 5.92 Å². The van der Waals surface area contributed by atoms with Gasteiger partial charge in [0.05, 0.1) is 36.9 Å². The number of carbonyl (C=O) groups excluding carboxylic acids is 2. The number of nitrogens with zero attached hydrogens (tertiary/aromatic N) is 3. The van der Waals surface area contributed by atoms with Crippen LogP contribution >= 0.6 is 0 Å². The van der Waals surface area contributed by atoms with E-state index in [4.69, 9.17) is 10.5 Å². The molecule has 5 rings (SSSR count). The zero-order chi connectivity index (χ0) is 27.5. The number of nitrogens with two attached hydrogens (primary N) is 1. The molecule has 39 heavy (non-hydrogen) atoms. The van der Waals surface area contributed by atoms with Gasteiger partial charge in [-0.1, -0.05) is 62.4 Å². The summed E-state index contributed by atoms with van der Waals surface area (Å²) in [4.78, 5) is 42.2. The van der Waals surface area contributed by atoms with Gasteiger partial charge >= 0.3 is 6.09 Å². The van der Waals surface area contributed by atoms with Crippen LogP contribution in [0.1, 0.15) is 38.6 Å². The van der Waals surface area contributed by atoms with Crippen molar-refractivity contribution >= 4 is 17.9 Å². The third-order valence-corrected chi connectivity index (χ3v) is 7.16. The maximum absolute atomic E-state index is 13.4. The smallest absolute Gasteiger partial charge is 0.407 e. The number of imidazole rings is 2. The fourth-order valence-electron chi connectivity index (χ4n) is 5.01. The number of aromatic nitrogens is 4. The van der Waals surface area contributed by atoms with Crippen LogP contribution in [0.2, 0.25) is 0 Å². The average molecular weight is 528 g/mol. The van der Waals surface area contributed by atoms with Gasteiger partial charge in [0, 0.05) is 6.54 Å². The van der Waals surface area contributed by atoms with Crippen LogP contribution in [0.4, 0.5) is 10.7 Å². The summed E-state index contributed by atoms with van der Waals surface area (Å²) in [7, 11) is 1.29. The van der Waals surface area contributed by atoms with E-state index in [1.165, 1.54) is 7.11 Å². The molecule has 3 heterocycles. The molecule has 1 fully saturated rings. The van der Waals surface area contributed by atoms with Crippen molar-refractivity contribution in [3.63, 3.8) is 0 Å². The van der Waals surface area contributed by atoms with Crippen molar-refractivity contribution < 1.29 is 14.3 Å². The summed E-state index contributed by atoms with van der Waals surface area (Å²) in [6.07, 6.45) is 4.60. The topological polar surface area (TPSA) is 142 Å². The Morgan fingerprint density at radius 1 is 0.949 bits per heavy atom. The third-order valence-electron chi connectivity index (χ3n) is 7.16. The minimum atomic E-state index is -0.660. The second-order valence-electron chi connectivity index (χ2n) is 10.1. The van der Waals surface area contributed by atoms with Gasteiger partial charge in [-0.25, -0.2) is 14.8 Å². The fourth-order valence-corrected chi connectivity index (χ4v) is 5.01. The number of nitrogen functional groups attached to an aromatic ring is 1. The molecule has 0 radical (unpaired) electrons. The van der Waals surface area contributed by atoms with E-state index >= 15 is 0 Å². The first-order valence-corrected chi connectivity index (χ1v) is 13.1. The predicted octanol–water partition coefficient (Wildman–Crippen LogP) is 4.76. The van der Waals surface area contributed by atoms with Gasteiger partial charge in [-0.05, 0) is 41.0 Å². The molecule has 2 atom stereocenters. The maximum atomic E-state index is 13.4. The molecule has 2 aromatic heterocycles. The van der Waals surface area contributed by atoms with E-state index in [0.29, 0.717) is 12.5 Å². The van der Waals surface area contributed by atoms with E-state index < -0.39 is 12.1 Å². The van der Waals surface area contributed by atoms with Crippen LogP contribution in [0.5, 0.6) is 0 Å². The highest BCUT2D eigenvalue weighted by Crippen LogP contribution is 2.33. The molecule has 2 amide bonds. The highest BCUT2D eigenvalue weighted by molar-refractivity contribution is 5.86. The first-order valence-electron chi connectivity index (χ1n) is 13.1. The van der Waals surface area contributed by atoms with Crippen LogP contribution in [-0.4, -0.2) is 56.5 Å². The van der Waals surface area contributed by atoms with Crippen molar-refractivity contribution in [1.29, 1.82) is 0 Å². The van der Waals surface area contributed by atoms with E-state index in [1.807, 2.05) is 37.1 Å². The number of hydrogen-bond acceptors (Lipinski definition) is 6. The molecule has 1 aliphatic heterocycles. The molecule has 202 valence electrons. The lowest BCUT2D eigenvalue weighted by Gasteiger charge is -2.30. The number of H-pyrrole nitrogens is 2. The zero-order valence-electron chi connectivity index (χ0n) is 22.3. The van der Waals surface area contributed by atoms with Gasteiger partial charge in [0.15, 0.2) is 5.95 Å². The molecule has 0 aliphatic carbocycles. The van der Waals surface area contributed by atoms with Crippen molar-refractivity contribution in [1.82, 2.24) is 30.2 Å². The maximum Gasteiger partial charge on any atom is 0.407 e. The number of aromatic amines is 2. The van der Waals surface area contributed by atoms with Gasteiger partial charge in [0.25, 0.3) is 0 Å². The lowest BCUT2D eigenvalue weighted by molar-refractivity contribution is -0.135. The van der Waals surface area contributed by atoms with Crippen LogP contribution in [0.15, 0.2) is 60.9 Å². The minimum absolute atomic E-state index is 0.0796. The van der Waals surface area contributed by atoms with Crippen LogP contribution in [-0.2, 0) is 9.53 Å².